The molecule has 0 saturated heterocycles. The number of benzene rings is 2. The Bertz CT molecular complexity index is 821. The highest BCUT2D eigenvalue weighted by molar-refractivity contribution is 5.81. The molecule has 0 N–H and O–H groups in total. The van der Waals surface area contributed by atoms with Crippen molar-refractivity contribution in [2.75, 3.05) is 0 Å². The summed E-state index contributed by atoms with van der Waals surface area (Å²) in [6.07, 6.45) is 0.829. The lowest BCUT2D eigenvalue weighted by Gasteiger charge is -2.14. The highest BCUT2D eigenvalue weighted by Crippen LogP contribution is 2.31. The summed E-state index contributed by atoms with van der Waals surface area (Å²) in [5.41, 5.74) is 3.41. The summed E-state index contributed by atoms with van der Waals surface area (Å²) >= 11 is 0. The lowest BCUT2D eigenvalue weighted by Crippen LogP contribution is -2.21. The molecule has 2 aromatic carbocycles. The van der Waals surface area contributed by atoms with E-state index in [1.165, 1.54) is 22.7 Å². The first kappa shape index (κ1) is 12.5. The van der Waals surface area contributed by atoms with Crippen molar-refractivity contribution in [2.45, 2.75) is 26.0 Å². The number of para-hydroxylation sites is 1. The standard InChI is InChI=1S/C18H16FNO/c1-12-8-13-4-2-3-5-17(13)20(12)11-16-10-14-9-15(19)6-7-18(14)21-16/h2-9,16H,10-11H2,1H3. The number of halogens is 1. The van der Waals surface area contributed by atoms with Crippen molar-refractivity contribution in [1.82, 2.24) is 4.57 Å². The Morgan fingerprint density at radius 1 is 1.19 bits per heavy atom. The Morgan fingerprint density at radius 2 is 2.05 bits per heavy atom. The van der Waals surface area contributed by atoms with E-state index < -0.39 is 0 Å². The molecule has 3 aromatic rings. The van der Waals surface area contributed by atoms with Gasteiger partial charge in [-0.15, -0.1) is 0 Å². The van der Waals surface area contributed by atoms with Crippen LogP contribution in [0.25, 0.3) is 10.9 Å². The molecular weight excluding hydrogens is 265 g/mol. The predicted molar refractivity (Wildman–Crippen MR) is 81.2 cm³/mol. The molecular formula is C18H16FNO. The van der Waals surface area contributed by atoms with Crippen molar-refractivity contribution in [3.05, 3.63) is 65.6 Å². The van der Waals surface area contributed by atoms with Gasteiger partial charge in [0.1, 0.15) is 17.7 Å². The molecule has 0 saturated carbocycles. The van der Waals surface area contributed by atoms with Crippen molar-refractivity contribution >= 4 is 10.9 Å². The Hall–Kier alpha value is -2.29. The Morgan fingerprint density at radius 3 is 2.95 bits per heavy atom. The number of aryl methyl sites for hydroxylation is 1. The third kappa shape index (κ3) is 2.09. The van der Waals surface area contributed by atoms with E-state index in [1.54, 1.807) is 12.1 Å². The van der Waals surface area contributed by atoms with Crippen molar-refractivity contribution in [3.8, 4) is 5.75 Å². The fraction of sp³-hybridized carbons (Fsp3) is 0.222. The topological polar surface area (TPSA) is 14.2 Å². The number of hydrogen-bond donors (Lipinski definition) is 0. The summed E-state index contributed by atoms with van der Waals surface area (Å²) in [7, 11) is 0. The van der Waals surface area contributed by atoms with Crippen molar-refractivity contribution < 1.29 is 9.13 Å². The average molecular weight is 281 g/mol. The number of hydrogen-bond acceptors (Lipinski definition) is 1. The molecule has 1 aliphatic heterocycles. The van der Waals surface area contributed by atoms with Crippen LogP contribution >= 0.6 is 0 Å². The fourth-order valence-corrected chi connectivity index (χ4v) is 3.19. The van der Waals surface area contributed by atoms with Crippen LogP contribution in [0.3, 0.4) is 0 Å². The smallest absolute Gasteiger partial charge is 0.123 e. The number of ether oxygens (including phenoxy) is 1. The SMILES string of the molecule is Cc1cc2ccccc2n1CC1Cc2cc(F)ccc2O1. The molecule has 0 fully saturated rings. The van der Waals surface area contributed by atoms with Gasteiger partial charge in [0.2, 0.25) is 0 Å². The molecule has 1 unspecified atom stereocenters. The highest BCUT2D eigenvalue weighted by atomic mass is 19.1. The second kappa shape index (κ2) is 4.62. The normalized spacial score (nSPS) is 17.0. The van der Waals surface area contributed by atoms with Crippen LogP contribution in [-0.4, -0.2) is 10.7 Å². The predicted octanol–water partition coefficient (Wildman–Crippen LogP) is 4.09. The van der Waals surface area contributed by atoms with Crippen molar-refractivity contribution in [2.24, 2.45) is 0 Å². The van der Waals surface area contributed by atoms with Crippen molar-refractivity contribution in [1.29, 1.82) is 0 Å². The average Bonchev–Trinajstić information content (AvgIpc) is 3.00. The van der Waals surface area contributed by atoms with Gasteiger partial charge < -0.3 is 9.30 Å². The van der Waals surface area contributed by atoms with E-state index in [1.807, 2.05) is 0 Å². The van der Waals surface area contributed by atoms with E-state index in [2.05, 4.69) is 41.8 Å². The third-order valence-electron chi connectivity index (χ3n) is 4.17. The minimum absolute atomic E-state index is 0.0660. The fourth-order valence-electron chi connectivity index (χ4n) is 3.19. The van der Waals surface area contributed by atoms with E-state index in [9.17, 15) is 4.39 Å². The van der Waals surface area contributed by atoms with Gasteiger partial charge in [0.15, 0.2) is 0 Å². The summed E-state index contributed by atoms with van der Waals surface area (Å²) < 4.78 is 21.5. The van der Waals surface area contributed by atoms with Gasteiger partial charge in [0, 0.05) is 23.2 Å². The monoisotopic (exact) mass is 281 g/mol. The van der Waals surface area contributed by atoms with Crippen LogP contribution in [-0.2, 0) is 13.0 Å². The number of rotatable bonds is 2. The molecule has 1 aliphatic rings. The Labute approximate surface area is 122 Å². The van der Waals surface area contributed by atoms with Crippen LogP contribution in [0.2, 0.25) is 0 Å². The van der Waals surface area contributed by atoms with Crippen LogP contribution in [0.4, 0.5) is 4.39 Å². The van der Waals surface area contributed by atoms with Crippen LogP contribution in [0.15, 0.2) is 48.5 Å². The zero-order valence-electron chi connectivity index (χ0n) is 11.8. The molecule has 21 heavy (non-hydrogen) atoms. The molecule has 0 spiro atoms. The van der Waals surface area contributed by atoms with Crippen LogP contribution < -0.4 is 4.74 Å². The molecule has 1 atom stereocenters. The van der Waals surface area contributed by atoms with Gasteiger partial charge in [-0.3, -0.25) is 0 Å². The maximum atomic E-state index is 13.3. The number of aromatic nitrogens is 1. The van der Waals surface area contributed by atoms with Crippen molar-refractivity contribution in [3.63, 3.8) is 0 Å². The van der Waals surface area contributed by atoms with E-state index >= 15 is 0 Å². The lowest BCUT2D eigenvalue weighted by molar-refractivity contribution is 0.210. The van der Waals surface area contributed by atoms with Gasteiger partial charge in [-0.1, -0.05) is 18.2 Å². The lowest BCUT2D eigenvalue weighted by atomic mass is 10.1. The Balaban J connectivity index is 1.64. The van der Waals surface area contributed by atoms with E-state index in [-0.39, 0.29) is 11.9 Å². The quantitative estimate of drug-likeness (QED) is 0.690. The van der Waals surface area contributed by atoms with Crippen LogP contribution in [0.1, 0.15) is 11.3 Å². The maximum Gasteiger partial charge on any atom is 0.123 e. The summed E-state index contributed by atoms with van der Waals surface area (Å²) in [4.78, 5) is 0. The molecule has 2 heterocycles. The van der Waals surface area contributed by atoms with Gasteiger partial charge in [0.05, 0.1) is 6.54 Å². The van der Waals surface area contributed by atoms with Gasteiger partial charge in [-0.05, 0) is 42.6 Å². The van der Waals surface area contributed by atoms with Crippen LogP contribution in [0, 0.1) is 12.7 Å². The molecule has 0 radical (unpaired) electrons. The molecule has 106 valence electrons. The molecule has 0 amide bonds. The minimum Gasteiger partial charge on any atom is -0.488 e. The Kier molecular flexibility index (Phi) is 2.74. The van der Waals surface area contributed by atoms with Gasteiger partial charge in [-0.25, -0.2) is 4.39 Å². The van der Waals surface area contributed by atoms with E-state index in [0.29, 0.717) is 0 Å². The molecule has 1 aromatic heterocycles. The van der Waals surface area contributed by atoms with Gasteiger partial charge in [-0.2, -0.15) is 0 Å². The zero-order chi connectivity index (χ0) is 14.4. The summed E-state index contributed by atoms with van der Waals surface area (Å²) in [5, 5.41) is 1.25. The molecule has 4 rings (SSSR count). The minimum atomic E-state index is -0.194. The summed E-state index contributed by atoms with van der Waals surface area (Å²) in [6, 6.07) is 15.3. The molecule has 0 bridgehead atoms. The summed E-state index contributed by atoms with van der Waals surface area (Å²) in [6.45, 7) is 2.90. The largest absolute Gasteiger partial charge is 0.488 e. The second-order valence-corrected chi connectivity index (χ2v) is 5.65. The first-order chi connectivity index (χ1) is 10.2. The highest BCUT2D eigenvalue weighted by Gasteiger charge is 2.24. The second-order valence-electron chi connectivity index (χ2n) is 5.65. The maximum absolute atomic E-state index is 13.3. The first-order valence-corrected chi connectivity index (χ1v) is 7.21. The molecule has 2 nitrogen and oxygen atoms in total. The van der Waals surface area contributed by atoms with Gasteiger partial charge in [0.25, 0.3) is 0 Å². The molecule has 3 heteroatoms. The number of fused-ring (bicyclic) bond motifs is 2. The van der Waals surface area contributed by atoms with Crippen LogP contribution in [0.5, 0.6) is 5.75 Å². The van der Waals surface area contributed by atoms with E-state index in [4.69, 9.17) is 4.74 Å². The van der Waals surface area contributed by atoms with Gasteiger partial charge >= 0.3 is 0 Å². The summed E-state index contributed by atoms with van der Waals surface area (Å²) in [5.74, 6) is 0.621. The third-order valence-corrected chi connectivity index (χ3v) is 4.17. The molecule has 0 aliphatic carbocycles. The number of nitrogens with zero attached hydrogens (tertiary/aromatic N) is 1. The zero-order valence-corrected chi connectivity index (χ0v) is 11.8. The first-order valence-electron chi connectivity index (χ1n) is 7.21. The van der Waals surface area contributed by atoms with E-state index in [0.717, 1.165) is 24.3 Å².